The minimum atomic E-state index is -1.47. The van der Waals surface area contributed by atoms with Crippen LogP contribution in [0.3, 0.4) is 0 Å². The highest BCUT2D eigenvalue weighted by Crippen LogP contribution is 2.10. The lowest BCUT2D eigenvalue weighted by Crippen LogP contribution is -2.30. The standard InChI is InChI=1S/C6H4N4O4/c7-8-5-2-1-4(9(11)12)3-6(5)10(13)14/h1-3,6H. The molecule has 0 bridgehead atoms. The molecule has 1 aliphatic rings. The van der Waals surface area contributed by atoms with Crippen molar-refractivity contribution in [2.24, 2.45) is 0 Å². The second kappa shape index (κ2) is 3.58. The molecule has 14 heavy (non-hydrogen) atoms. The zero-order chi connectivity index (χ0) is 10.7. The van der Waals surface area contributed by atoms with Gasteiger partial charge in [0.25, 0.3) is 5.70 Å². The molecule has 8 nitrogen and oxygen atoms in total. The number of nitrogens with zero attached hydrogens (tertiary/aromatic N) is 4. The lowest BCUT2D eigenvalue weighted by atomic mass is 10.1. The Kier molecular flexibility index (Phi) is 2.49. The summed E-state index contributed by atoms with van der Waals surface area (Å²) in [6, 6.07) is -1.47. The van der Waals surface area contributed by atoms with Gasteiger partial charge < -0.3 is 5.53 Å². The molecule has 0 amide bonds. The first-order chi connectivity index (χ1) is 6.56. The summed E-state index contributed by atoms with van der Waals surface area (Å²) in [7, 11) is 0. The molecule has 0 aromatic rings. The zero-order valence-corrected chi connectivity index (χ0v) is 6.73. The minimum Gasteiger partial charge on any atom is -0.361 e. The topological polar surface area (TPSA) is 123 Å². The molecular formula is C6H4N4O4. The fourth-order valence-corrected chi connectivity index (χ4v) is 0.955. The predicted molar refractivity (Wildman–Crippen MR) is 43.6 cm³/mol. The summed E-state index contributed by atoms with van der Waals surface area (Å²) in [6.45, 7) is 0. The molecule has 0 radical (unpaired) electrons. The summed E-state index contributed by atoms with van der Waals surface area (Å²) in [5.74, 6) is 0. The van der Waals surface area contributed by atoms with E-state index >= 15 is 0 Å². The van der Waals surface area contributed by atoms with Gasteiger partial charge in [-0.15, -0.1) is 0 Å². The third-order valence-corrected chi connectivity index (χ3v) is 1.61. The summed E-state index contributed by atoms with van der Waals surface area (Å²) in [5, 5.41) is 20.7. The number of hydrogen-bond donors (Lipinski definition) is 0. The van der Waals surface area contributed by atoms with Gasteiger partial charge in [-0.05, 0) is 0 Å². The van der Waals surface area contributed by atoms with Crippen LogP contribution in [0.1, 0.15) is 0 Å². The summed E-state index contributed by atoms with van der Waals surface area (Å²) in [4.78, 5) is 21.8. The van der Waals surface area contributed by atoms with Crippen molar-refractivity contribution in [3.8, 4) is 0 Å². The fraction of sp³-hybridized carbons (Fsp3) is 0.167. The largest absolute Gasteiger partial charge is 0.369 e. The second-order valence-corrected chi connectivity index (χ2v) is 2.44. The van der Waals surface area contributed by atoms with E-state index in [0.717, 1.165) is 18.2 Å². The molecule has 1 unspecified atom stereocenters. The predicted octanol–water partition coefficient (Wildman–Crippen LogP) is 0.0329. The van der Waals surface area contributed by atoms with Crippen LogP contribution in [-0.4, -0.2) is 26.4 Å². The van der Waals surface area contributed by atoms with Gasteiger partial charge in [-0.25, -0.2) is 0 Å². The molecule has 0 heterocycles. The third-order valence-electron chi connectivity index (χ3n) is 1.61. The maximum absolute atomic E-state index is 10.4. The number of rotatable bonds is 2. The lowest BCUT2D eigenvalue weighted by molar-refractivity contribution is -0.496. The van der Waals surface area contributed by atoms with Crippen LogP contribution in [0.2, 0.25) is 0 Å². The van der Waals surface area contributed by atoms with Gasteiger partial charge in [0.05, 0.1) is 11.0 Å². The van der Waals surface area contributed by atoms with E-state index in [2.05, 4.69) is 4.79 Å². The first-order valence-electron chi connectivity index (χ1n) is 3.46. The Labute approximate surface area is 77.1 Å². The Morgan fingerprint density at radius 3 is 2.43 bits per heavy atom. The van der Waals surface area contributed by atoms with Crippen molar-refractivity contribution < 1.29 is 14.6 Å². The molecule has 0 aromatic heterocycles. The monoisotopic (exact) mass is 196 g/mol. The summed E-state index contributed by atoms with van der Waals surface area (Å²) < 4.78 is 0. The van der Waals surface area contributed by atoms with Gasteiger partial charge in [-0.1, -0.05) is 0 Å². The molecule has 8 heteroatoms. The van der Waals surface area contributed by atoms with E-state index < -0.39 is 15.9 Å². The maximum atomic E-state index is 10.4. The molecule has 0 saturated carbocycles. The molecular weight excluding hydrogens is 192 g/mol. The van der Waals surface area contributed by atoms with E-state index in [0.29, 0.717) is 0 Å². The maximum Gasteiger partial charge on any atom is 0.369 e. The van der Waals surface area contributed by atoms with Crippen LogP contribution in [0.15, 0.2) is 23.9 Å². The number of hydrogen-bond acceptors (Lipinski definition) is 4. The quantitative estimate of drug-likeness (QED) is 0.267. The highest BCUT2D eigenvalue weighted by Gasteiger charge is 2.36. The van der Waals surface area contributed by atoms with Crippen molar-refractivity contribution in [3.63, 3.8) is 0 Å². The van der Waals surface area contributed by atoms with Crippen molar-refractivity contribution in [2.75, 3.05) is 0 Å². The highest BCUT2D eigenvalue weighted by molar-refractivity contribution is 5.96. The molecule has 0 spiro atoms. The molecule has 0 aromatic carbocycles. The molecule has 1 aliphatic carbocycles. The van der Waals surface area contributed by atoms with Crippen molar-refractivity contribution in [2.45, 2.75) is 6.04 Å². The van der Waals surface area contributed by atoms with Gasteiger partial charge in [-0.3, -0.25) is 20.2 Å². The van der Waals surface area contributed by atoms with Crippen LogP contribution in [0.4, 0.5) is 0 Å². The average molecular weight is 196 g/mol. The lowest BCUT2D eigenvalue weighted by Gasteiger charge is -2.00. The highest BCUT2D eigenvalue weighted by atomic mass is 16.6. The smallest absolute Gasteiger partial charge is 0.361 e. The second-order valence-electron chi connectivity index (χ2n) is 2.44. The van der Waals surface area contributed by atoms with Gasteiger partial charge >= 0.3 is 11.8 Å². The van der Waals surface area contributed by atoms with Crippen LogP contribution in [0.25, 0.3) is 5.53 Å². The molecule has 0 fully saturated rings. The first-order valence-corrected chi connectivity index (χ1v) is 3.46. The van der Waals surface area contributed by atoms with Gasteiger partial charge in [0, 0.05) is 17.1 Å². The molecule has 0 aliphatic heterocycles. The first kappa shape index (κ1) is 9.75. The van der Waals surface area contributed by atoms with Crippen LogP contribution >= 0.6 is 0 Å². The summed E-state index contributed by atoms with van der Waals surface area (Å²) in [6.07, 6.45) is 2.88. The van der Waals surface area contributed by atoms with Crippen molar-refractivity contribution in [3.05, 3.63) is 49.7 Å². The Hall–Kier alpha value is -2.34. The van der Waals surface area contributed by atoms with Crippen molar-refractivity contribution in [1.29, 1.82) is 0 Å². The summed E-state index contributed by atoms with van der Waals surface area (Å²) >= 11 is 0. The molecule has 1 atom stereocenters. The molecule has 1 rings (SSSR count). The van der Waals surface area contributed by atoms with Crippen LogP contribution in [-0.2, 0) is 0 Å². The molecule has 0 N–H and O–H groups in total. The average Bonchev–Trinajstić information content (AvgIpc) is 2.16. The van der Waals surface area contributed by atoms with E-state index in [1.807, 2.05) is 0 Å². The fourth-order valence-electron chi connectivity index (χ4n) is 0.955. The Morgan fingerprint density at radius 1 is 1.36 bits per heavy atom. The Bertz CT molecular complexity index is 404. The Morgan fingerprint density at radius 2 is 2.00 bits per heavy atom. The van der Waals surface area contributed by atoms with Crippen molar-refractivity contribution in [1.82, 2.24) is 0 Å². The van der Waals surface area contributed by atoms with E-state index in [1.165, 1.54) is 0 Å². The van der Waals surface area contributed by atoms with Gasteiger partial charge in [0.2, 0.25) is 0 Å². The van der Waals surface area contributed by atoms with Crippen LogP contribution < -0.4 is 0 Å². The molecule has 0 saturated heterocycles. The van der Waals surface area contributed by atoms with Crippen LogP contribution in [0, 0.1) is 20.2 Å². The van der Waals surface area contributed by atoms with E-state index in [9.17, 15) is 20.2 Å². The number of allylic oxidation sites excluding steroid dienone is 1. The van der Waals surface area contributed by atoms with Gasteiger partial charge in [0.1, 0.15) is 0 Å². The van der Waals surface area contributed by atoms with E-state index in [4.69, 9.17) is 5.53 Å². The van der Waals surface area contributed by atoms with Crippen LogP contribution in [0.5, 0.6) is 0 Å². The Balaban J connectivity index is 3.13. The van der Waals surface area contributed by atoms with E-state index in [-0.39, 0.29) is 11.4 Å². The third kappa shape index (κ3) is 1.70. The zero-order valence-electron chi connectivity index (χ0n) is 6.73. The summed E-state index contributed by atoms with van der Waals surface area (Å²) in [5.41, 5.74) is 7.74. The minimum absolute atomic E-state index is 0.236. The molecule has 72 valence electrons. The van der Waals surface area contributed by atoms with Crippen molar-refractivity contribution >= 4 is 5.71 Å². The van der Waals surface area contributed by atoms with Gasteiger partial charge in [0.15, 0.2) is 0 Å². The SMILES string of the molecule is [N-]=[N+]=C1C=CC([N+](=O)[O-])=CC1[N+](=O)[O-]. The van der Waals surface area contributed by atoms with Gasteiger partial charge in [-0.2, -0.15) is 4.79 Å². The van der Waals surface area contributed by atoms with E-state index in [1.54, 1.807) is 0 Å². The normalized spacial score (nSPS) is 19.9. The number of nitro groups is 2.